The van der Waals surface area contributed by atoms with Gasteiger partial charge in [0.2, 0.25) is 0 Å². The van der Waals surface area contributed by atoms with E-state index in [2.05, 4.69) is 26.2 Å². The van der Waals surface area contributed by atoms with Crippen molar-refractivity contribution in [1.29, 1.82) is 0 Å². The Morgan fingerprint density at radius 1 is 1.53 bits per heavy atom. The zero-order chi connectivity index (χ0) is 14.0. The lowest BCUT2D eigenvalue weighted by Gasteiger charge is -2.10. The molecule has 0 radical (unpaired) electrons. The van der Waals surface area contributed by atoms with E-state index in [9.17, 15) is 9.90 Å². The van der Waals surface area contributed by atoms with Crippen molar-refractivity contribution in [2.24, 2.45) is 0 Å². The Kier molecular flexibility index (Phi) is 3.84. The molecule has 1 N–H and O–H groups in total. The van der Waals surface area contributed by atoms with Crippen molar-refractivity contribution < 1.29 is 14.6 Å². The van der Waals surface area contributed by atoms with E-state index in [0.717, 1.165) is 4.47 Å². The molecule has 0 aliphatic heterocycles. The molecule has 0 saturated heterocycles. The highest BCUT2D eigenvalue weighted by molar-refractivity contribution is 9.10. The van der Waals surface area contributed by atoms with Crippen LogP contribution in [0.2, 0.25) is 0 Å². The van der Waals surface area contributed by atoms with E-state index in [1.807, 2.05) is 13.0 Å². The van der Waals surface area contributed by atoms with Crippen molar-refractivity contribution in [3.63, 3.8) is 0 Å². The van der Waals surface area contributed by atoms with Crippen molar-refractivity contribution >= 4 is 21.9 Å². The zero-order valence-corrected chi connectivity index (χ0v) is 12.0. The molecule has 0 unspecified atom stereocenters. The van der Waals surface area contributed by atoms with Crippen LogP contribution in [-0.2, 0) is 6.54 Å². The Morgan fingerprint density at radius 2 is 2.26 bits per heavy atom. The number of halogens is 1. The number of ether oxygens (including phenoxy) is 1. The van der Waals surface area contributed by atoms with Crippen molar-refractivity contribution in [1.82, 2.24) is 15.0 Å². The Morgan fingerprint density at radius 3 is 2.84 bits per heavy atom. The molecule has 0 bridgehead atoms. The van der Waals surface area contributed by atoms with Crippen molar-refractivity contribution in [2.75, 3.05) is 7.11 Å². The molecule has 0 aliphatic rings. The van der Waals surface area contributed by atoms with E-state index in [1.165, 1.54) is 11.8 Å². The van der Waals surface area contributed by atoms with Gasteiger partial charge < -0.3 is 9.84 Å². The van der Waals surface area contributed by atoms with Gasteiger partial charge in [0.05, 0.1) is 7.11 Å². The number of hydrogen-bond donors (Lipinski definition) is 1. The Hall–Kier alpha value is -1.89. The van der Waals surface area contributed by atoms with Gasteiger partial charge >= 0.3 is 5.97 Å². The summed E-state index contributed by atoms with van der Waals surface area (Å²) in [6.45, 7) is 2.39. The van der Waals surface area contributed by atoms with E-state index in [-0.39, 0.29) is 5.69 Å². The lowest BCUT2D eigenvalue weighted by Crippen LogP contribution is -2.04. The number of aromatic nitrogens is 3. The van der Waals surface area contributed by atoms with Crippen LogP contribution in [0.4, 0.5) is 0 Å². The van der Waals surface area contributed by atoms with E-state index in [4.69, 9.17) is 4.74 Å². The van der Waals surface area contributed by atoms with Crippen LogP contribution in [-0.4, -0.2) is 33.2 Å². The molecule has 1 aromatic heterocycles. The SMILES string of the molecule is CCn1nnc(C(=O)O)c1-c1cc(Br)ccc1OC. The molecule has 0 aliphatic carbocycles. The first-order valence-electron chi connectivity index (χ1n) is 5.59. The third-order valence-corrected chi connectivity index (χ3v) is 3.15. The summed E-state index contributed by atoms with van der Waals surface area (Å²) >= 11 is 3.37. The highest BCUT2D eigenvalue weighted by Crippen LogP contribution is 2.34. The summed E-state index contributed by atoms with van der Waals surface area (Å²) < 4.78 is 7.63. The molecule has 1 aromatic carbocycles. The predicted octanol–water partition coefficient (Wildman–Crippen LogP) is 2.43. The molecule has 7 heteroatoms. The van der Waals surface area contributed by atoms with E-state index < -0.39 is 5.97 Å². The van der Waals surface area contributed by atoms with Crippen LogP contribution in [0.3, 0.4) is 0 Å². The minimum atomic E-state index is -1.11. The molecular formula is C12H12BrN3O3. The molecule has 2 aromatic rings. The van der Waals surface area contributed by atoms with Crippen molar-refractivity contribution in [2.45, 2.75) is 13.5 Å². The average Bonchev–Trinajstić information content (AvgIpc) is 2.82. The van der Waals surface area contributed by atoms with Gasteiger partial charge in [0.25, 0.3) is 0 Å². The van der Waals surface area contributed by atoms with Gasteiger partial charge in [-0.15, -0.1) is 5.10 Å². The number of hydrogen-bond acceptors (Lipinski definition) is 4. The van der Waals surface area contributed by atoms with Gasteiger partial charge in [-0.2, -0.15) is 0 Å². The molecule has 2 rings (SSSR count). The van der Waals surface area contributed by atoms with Crippen LogP contribution < -0.4 is 4.74 Å². The molecule has 0 saturated carbocycles. The first-order chi connectivity index (χ1) is 9.08. The maximum atomic E-state index is 11.2. The van der Waals surface area contributed by atoms with Gasteiger partial charge in [-0.05, 0) is 25.1 Å². The normalized spacial score (nSPS) is 10.5. The maximum absolute atomic E-state index is 11.2. The summed E-state index contributed by atoms with van der Waals surface area (Å²) in [5.74, 6) is -0.542. The standard InChI is InChI=1S/C12H12BrN3O3/c1-3-16-11(10(12(17)18)14-15-16)8-6-7(13)4-5-9(8)19-2/h4-6H,3H2,1-2H3,(H,17,18). The number of benzene rings is 1. The molecule has 6 nitrogen and oxygen atoms in total. The minimum Gasteiger partial charge on any atom is -0.496 e. The molecule has 0 atom stereocenters. The van der Waals surface area contributed by atoms with Crippen molar-refractivity contribution in [3.8, 4) is 17.0 Å². The maximum Gasteiger partial charge on any atom is 0.358 e. The highest BCUT2D eigenvalue weighted by Gasteiger charge is 2.22. The van der Waals surface area contributed by atoms with E-state index >= 15 is 0 Å². The zero-order valence-electron chi connectivity index (χ0n) is 10.4. The molecule has 0 amide bonds. The van der Waals surface area contributed by atoms with Gasteiger partial charge in [-0.3, -0.25) is 0 Å². The lowest BCUT2D eigenvalue weighted by atomic mass is 10.1. The number of aryl methyl sites for hydroxylation is 1. The predicted molar refractivity (Wildman–Crippen MR) is 72.3 cm³/mol. The summed E-state index contributed by atoms with van der Waals surface area (Å²) in [6.07, 6.45) is 0. The molecule has 1 heterocycles. The lowest BCUT2D eigenvalue weighted by molar-refractivity contribution is 0.0691. The smallest absolute Gasteiger partial charge is 0.358 e. The van der Waals surface area contributed by atoms with Gasteiger partial charge in [0, 0.05) is 16.6 Å². The Bertz CT molecular complexity index is 625. The number of carbonyl (C=O) groups is 1. The number of aromatic carboxylic acids is 1. The molecule has 0 spiro atoms. The highest BCUT2D eigenvalue weighted by atomic mass is 79.9. The van der Waals surface area contributed by atoms with E-state index in [1.54, 1.807) is 12.1 Å². The number of methoxy groups -OCH3 is 1. The number of carboxylic acids is 1. The third kappa shape index (κ3) is 2.46. The summed E-state index contributed by atoms with van der Waals surface area (Å²) in [7, 11) is 1.53. The fraction of sp³-hybridized carbons (Fsp3) is 0.250. The molecule has 19 heavy (non-hydrogen) atoms. The first kappa shape index (κ1) is 13.5. The number of nitrogens with zero attached hydrogens (tertiary/aromatic N) is 3. The van der Waals surface area contributed by atoms with Crippen LogP contribution in [0, 0.1) is 0 Å². The van der Waals surface area contributed by atoms with E-state index in [0.29, 0.717) is 23.6 Å². The summed E-state index contributed by atoms with van der Waals surface area (Å²) in [4.78, 5) is 11.2. The third-order valence-electron chi connectivity index (χ3n) is 2.65. The monoisotopic (exact) mass is 325 g/mol. The van der Waals surface area contributed by atoms with Crippen LogP contribution >= 0.6 is 15.9 Å². The summed E-state index contributed by atoms with van der Waals surface area (Å²) in [5, 5.41) is 16.8. The number of rotatable bonds is 4. The number of carboxylic acid groups (broad SMARTS) is 1. The summed E-state index contributed by atoms with van der Waals surface area (Å²) in [5.41, 5.74) is 0.993. The topological polar surface area (TPSA) is 77.2 Å². The Labute approximate surface area is 118 Å². The van der Waals surface area contributed by atoms with Gasteiger partial charge in [-0.1, -0.05) is 21.1 Å². The van der Waals surface area contributed by atoms with Crippen LogP contribution in [0.15, 0.2) is 22.7 Å². The molecular weight excluding hydrogens is 314 g/mol. The van der Waals surface area contributed by atoms with Crippen LogP contribution in [0.25, 0.3) is 11.3 Å². The fourth-order valence-corrected chi connectivity index (χ4v) is 2.17. The van der Waals surface area contributed by atoms with Gasteiger partial charge in [-0.25, -0.2) is 9.48 Å². The van der Waals surface area contributed by atoms with Crippen LogP contribution in [0.5, 0.6) is 5.75 Å². The second kappa shape index (κ2) is 5.40. The molecule has 0 fully saturated rings. The largest absolute Gasteiger partial charge is 0.496 e. The van der Waals surface area contributed by atoms with Crippen LogP contribution in [0.1, 0.15) is 17.4 Å². The average molecular weight is 326 g/mol. The first-order valence-corrected chi connectivity index (χ1v) is 6.38. The summed E-state index contributed by atoms with van der Waals surface area (Å²) in [6, 6.07) is 5.37. The fourth-order valence-electron chi connectivity index (χ4n) is 1.81. The van der Waals surface area contributed by atoms with Gasteiger partial charge in [0.1, 0.15) is 11.4 Å². The minimum absolute atomic E-state index is 0.0850. The molecule has 100 valence electrons. The Balaban J connectivity index is 2.73. The second-order valence-electron chi connectivity index (χ2n) is 3.75. The van der Waals surface area contributed by atoms with Gasteiger partial charge in [0.15, 0.2) is 5.69 Å². The van der Waals surface area contributed by atoms with Crippen molar-refractivity contribution in [3.05, 3.63) is 28.4 Å². The quantitative estimate of drug-likeness (QED) is 0.934. The second-order valence-corrected chi connectivity index (χ2v) is 4.67.